The smallest absolute Gasteiger partial charge is 0.344 e. The molecule has 2 aromatic rings. The molecule has 0 amide bonds. The number of carbonyl (C=O) groups is 1. The summed E-state index contributed by atoms with van der Waals surface area (Å²) in [5, 5.41) is 7.33. The SMILES string of the molecule is CCOC(=O)c1c(N)nsc1NCCc1ncon1. The van der Waals surface area contributed by atoms with Crippen LogP contribution in [0.2, 0.25) is 0 Å². The van der Waals surface area contributed by atoms with Gasteiger partial charge >= 0.3 is 5.97 Å². The van der Waals surface area contributed by atoms with Crippen LogP contribution in [0.4, 0.5) is 10.8 Å². The highest BCUT2D eigenvalue weighted by Gasteiger charge is 2.20. The lowest BCUT2D eigenvalue weighted by molar-refractivity contribution is 0.0529. The number of hydrogen-bond donors (Lipinski definition) is 2. The van der Waals surface area contributed by atoms with Crippen molar-refractivity contribution in [3.63, 3.8) is 0 Å². The first kappa shape index (κ1) is 13.3. The molecule has 19 heavy (non-hydrogen) atoms. The van der Waals surface area contributed by atoms with Gasteiger partial charge < -0.3 is 20.3 Å². The van der Waals surface area contributed by atoms with Crippen molar-refractivity contribution in [1.82, 2.24) is 14.5 Å². The number of nitrogens with two attached hydrogens (primary N) is 1. The van der Waals surface area contributed by atoms with Crippen LogP contribution in [0, 0.1) is 0 Å². The van der Waals surface area contributed by atoms with E-state index in [1.807, 2.05) is 0 Å². The molecule has 102 valence electrons. The number of esters is 1. The Morgan fingerprint density at radius 1 is 1.63 bits per heavy atom. The largest absolute Gasteiger partial charge is 0.462 e. The average molecular weight is 283 g/mol. The number of nitrogens with zero attached hydrogens (tertiary/aromatic N) is 3. The second-order valence-corrected chi connectivity index (χ2v) is 4.29. The molecule has 0 bridgehead atoms. The van der Waals surface area contributed by atoms with Crippen molar-refractivity contribution in [2.75, 3.05) is 24.2 Å². The highest BCUT2D eigenvalue weighted by atomic mass is 32.1. The molecule has 3 N–H and O–H groups in total. The molecule has 0 unspecified atom stereocenters. The minimum atomic E-state index is -0.476. The summed E-state index contributed by atoms with van der Waals surface area (Å²) < 4.78 is 13.5. The van der Waals surface area contributed by atoms with Crippen LogP contribution in [-0.2, 0) is 11.2 Å². The van der Waals surface area contributed by atoms with Gasteiger partial charge in [-0.25, -0.2) is 4.79 Å². The van der Waals surface area contributed by atoms with Gasteiger partial charge in [-0.3, -0.25) is 0 Å². The fraction of sp³-hybridized carbons (Fsp3) is 0.400. The first-order valence-electron chi connectivity index (χ1n) is 5.63. The van der Waals surface area contributed by atoms with Crippen molar-refractivity contribution >= 4 is 28.3 Å². The van der Waals surface area contributed by atoms with Crippen LogP contribution in [0.5, 0.6) is 0 Å². The summed E-state index contributed by atoms with van der Waals surface area (Å²) in [6, 6.07) is 0. The second-order valence-electron chi connectivity index (χ2n) is 3.52. The van der Waals surface area contributed by atoms with Gasteiger partial charge in [0.1, 0.15) is 10.6 Å². The molecule has 8 nitrogen and oxygen atoms in total. The van der Waals surface area contributed by atoms with E-state index in [1.54, 1.807) is 6.92 Å². The zero-order chi connectivity index (χ0) is 13.7. The zero-order valence-electron chi connectivity index (χ0n) is 10.3. The first-order valence-corrected chi connectivity index (χ1v) is 6.41. The summed E-state index contributed by atoms with van der Waals surface area (Å²) in [5.41, 5.74) is 5.94. The summed E-state index contributed by atoms with van der Waals surface area (Å²) in [5.74, 6) is 0.281. The lowest BCUT2D eigenvalue weighted by Crippen LogP contribution is -2.11. The molecule has 0 aromatic carbocycles. The van der Waals surface area contributed by atoms with Crippen LogP contribution in [-0.4, -0.2) is 33.6 Å². The Morgan fingerprint density at radius 2 is 2.47 bits per heavy atom. The zero-order valence-corrected chi connectivity index (χ0v) is 11.1. The van der Waals surface area contributed by atoms with E-state index in [0.29, 0.717) is 23.8 Å². The van der Waals surface area contributed by atoms with E-state index in [-0.39, 0.29) is 18.0 Å². The van der Waals surface area contributed by atoms with Gasteiger partial charge in [-0.2, -0.15) is 9.36 Å². The third-order valence-corrected chi connectivity index (χ3v) is 3.06. The Kier molecular flexibility index (Phi) is 4.29. The fourth-order valence-corrected chi connectivity index (χ4v) is 2.14. The fourth-order valence-electron chi connectivity index (χ4n) is 1.41. The van der Waals surface area contributed by atoms with Gasteiger partial charge in [0.2, 0.25) is 6.39 Å². The maximum absolute atomic E-state index is 11.7. The summed E-state index contributed by atoms with van der Waals surface area (Å²) >= 11 is 1.12. The maximum atomic E-state index is 11.7. The van der Waals surface area contributed by atoms with E-state index in [2.05, 4.69) is 24.4 Å². The van der Waals surface area contributed by atoms with E-state index < -0.39 is 5.97 Å². The summed E-state index contributed by atoms with van der Waals surface area (Å²) in [7, 11) is 0. The lowest BCUT2D eigenvalue weighted by Gasteiger charge is -2.05. The van der Waals surface area contributed by atoms with Gasteiger partial charge in [0.25, 0.3) is 0 Å². The number of anilines is 2. The normalized spacial score (nSPS) is 10.4. The van der Waals surface area contributed by atoms with E-state index >= 15 is 0 Å². The Hall–Kier alpha value is -2.16. The molecule has 0 aliphatic carbocycles. The number of carbonyl (C=O) groups excluding carboxylic acids is 1. The van der Waals surface area contributed by atoms with Crippen molar-refractivity contribution in [2.45, 2.75) is 13.3 Å². The Labute approximate surface area is 113 Å². The third-order valence-electron chi connectivity index (χ3n) is 2.24. The minimum Gasteiger partial charge on any atom is -0.462 e. The predicted molar refractivity (Wildman–Crippen MR) is 69.0 cm³/mol. The Bertz CT molecular complexity index is 539. The molecule has 0 radical (unpaired) electrons. The highest BCUT2D eigenvalue weighted by Crippen LogP contribution is 2.27. The molecule has 0 saturated heterocycles. The molecule has 0 aliphatic rings. The van der Waals surface area contributed by atoms with Gasteiger partial charge in [-0.1, -0.05) is 5.16 Å². The average Bonchev–Trinajstić information content (AvgIpc) is 3.00. The van der Waals surface area contributed by atoms with Crippen molar-refractivity contribution in [3.05, 3.63) is 17.8 Å². The van der Waals surface area contributed by atoms with Gasteiger partial charge in [0.15, 0.2) is 11.6 Å². The molecule has 0 fully saturated rings. The van der Waals surface area contributed by atoms with E-state index in [9.17, 15) is 4.79 Å². The molecule has 0 saturated carbocycles. The summed E-state index contributed by atoms with van der Waals surface area (Å²) in [6.07, 6.45) is 1.83. The Balaban J connectivity index is 1.98. The monoisotopic (exact) mass is 283 g/mol. The number of hydrogen-bond acceptors (Lipinski definition) is 9. The topological polar surface area (TPSA) is 116 Å². The molecular weight excluding hydrogens is 270 g/mol. The van der Waals surface area contributed by atoms with Crippen LogP contribution in [0.1, 0.15) is 23.1 Å². The van der Waals surface area contributed by atoms with Crippen molar-refractivity contribution < 1.29 is 14.1 Å². The molecule has 0 spiro atoms. The van der Waals surface area contributed by atoms with Crippen LogP contribution >= 0.6 is 11.5 Å². The van der Waals surface area contributed by atoms with Crippen molar-refractivity contribution in [2.24, 2.45) is 0 Å². The Morgan fingerprint density at radius 3 is 3.16 bits per heavy atom. The molecule has 0 aliphatic heterocycles. The van der Waals surface area contributed by atoms with Gasteiger partial charge in [0.05, 0.1) is 6.61 Å². The first-order chi connectivity index (χ1) is 9.22. The quantitative estimate of drug-likeness (QED) is 0.752. The van der Waals surface area contributed by atoms with Crippen LogP contribution in [0.3, 0.4) is 0 Å². The number of aromatic nitrogens is 3. The number of rotatable bonds is 6. The van der Waals surface area contributed by atoms with Crippen LogP contribution in [0.25, 0.3) is 0 Å². The van der Waals surface area contributed by atoms with E-state index in [1.165, 1.54) is 6.39 Å². The molecule has 2 aromatic heterocycles. The molecular formula is C10H13N5O3S. The standard InChI is InChI=1S/C10H13N5O3S/c1-2-17-10(16)7-8(11)15-19-9(7)12-4-3-6-13-5-18-14-6/h5,12H,2-4H2,1H3,(H2,11,15). The lowest BCUT2D eigenvalue weighted by atomic mass is 10.3. The maximum Gasteiger partial charge on any atom is 0.344 e. The van der Waals surface area contributed by atoms with Crippen molar-refractivity contribution in [1.29, 1.82) is 0 Å². The van der Waals surface area contributed by atoms with E-state index in [0.717, 1.165) is 11.5 Å². The number of nitrogen functional groups attached to an aromatic ring is 1. The van der Waals surface area contributed by atoms with Crippen LogP contribution in [0.15, 0.2) is 10.9 Å². The van der Waals surface area contributed by atoms with Gasteiger partial charge in [0, 0.05) is 13.0 Å². The number of nitrogens with one attached hydrogen (secondary N) is 1. The molecule has 2 heterocycles. The molecule has 9 heteroatoms. The third kappa shape index (κ3) is 3.19. The van der Waals surface area contributed by atoms with Crippen molar-refractivity contribution in [3.8, 4) is 0 Å². The minimum absolute atomic E-state index is 0.172. The molecule has 2 rings (SSSR count). The van der Waals surface area contributed by atoms with Crippen LogP contribution < -0.4 is 11.1 Å². The highest BCUT2D eigenvalue weighted by molar-refractivity contribution is 7.11. The molecule has 0 atom stereocenters. The van der Waals surface area contributed by atoms with Gasteiger partial charge in [-0.05, 0) is 18.5 Å². The predicted octanol–water partition coefficient (Wildman–Crippen LogP) is 0.940. The summed E-state index contributed by atoms with van der Waals surface area (Å²) in [4.78, 5) is 15.6. The number of ether oxygens (including phenoxy) is 1. The van der Waals surface area contributed by atoms with E-state index in [4.69, 9.17) is 10.5 Å². The summed E-state index contributed by atoms with van der Waals surface area (Å²) in [6.45, 7) is 2.56. The second kappa shape index (κ2) is 6.14. The van der Waals surface area contributed by atoms with Gasteiger partial charge in [-0.15, -0.1) is 0 Å².